The van der Waals surface area contributed by atoms with Gasteiger partial charge in [0.25, 0.3) is 11.6 Å². The Kier molecular flexibility index (Phi) is 5.42. The molecular formula is C11H12N4O3S. The second-order valence-corrected chi connectivity index (χ2v) is 3.76. The topological polar surface area (TPSA) is 96.3 Å². The molecule has 1 aromatic carbocycles. The highest BCUT2D eigenvalue weighted by Crippen LogP contribution is 2.16. The van der Waals surface area contributed by atoms with Gasteiger partial charge in [-0.1, -0.05) is 18.2 Å². The van der Waals surface area contributed by atoms with Crippen LogP contribution in [0.1, 0.15) is 10.4 Å². The standard InChI is InChI=1S/C11H12N4O3S/c1-2-7-12-11(19)14-13-10(16)8-5-3-4-6-9(8)15(17)18/h2-6H,1,7H2,(H,13,16)(H2,12,14,19). The zero-order chi connectivity index (χ0) is 14.3. The molecule has 8 heteroatoms. The maximum Gasteiger partial charge on any atom is 0.282 e. The predicted octanol–water partition coefficient (Wildman–Crippen LogP) is 0.890. The largest absolute Gasteiger partial charge is 0.358 e. The summed E-state index contributed by atoms with van der Waals surface area (Å²) in [6.07, 6.45) is 1.60. The third-order valence-electron chi connectivity index (χ3n) is 2.04. The van der Waals surface area contributed by atoms with Gasteiger partial charge in [0.1, 0.15) is 5.56 Å². The Morgan fingerprint density at radius 2 is 2.11 bits per heavy atom. The molecule has 1 amide bonds. The maximum absolute atomic E-state index is 11.8. The Hall–Kier alpha value is -2.48. The summed E-state index contributed by atoms with van der Waals surface area (Å²) in [5.41, 5.74) is 4.38. The number of benzene rings is 1. The summed E-state index contributed by atoms with van der Waals surface area (Å²) in [5, 5.41) is 13.7. The van der Waals surface area contributed by atoms with Crippen molar-refractivity contribution in [3.8, 4) is 0 Å². The minimum absolute atomic E-state index is 0.0495. The average Bonchev–Trinajstić information content (AvgIpc) is 2.42. The molecule has 100 valence electrons. The quantitative estimate of drug-likeness (QED) is 0.328. The molecule has 0 aromatic heterocycles. The molecule has 0 radical (unpaired) electrons. The molecular weight excluding hydrogens is 268 g/mol. The summed E-state index contributed by atoms with van der Waals surface area (Å²) in [6, 6.07) is 5.63. The normalized spacial score (nSPS) is 9.26. The van der Waals surface area contributed by atoms with Crippen LogP contribution in [0.25, 0.3) is 0 Å². The van der Waals surface area contributed by atoms with Gasteiger partial charge in [-0.15, -0.1) is 6.58 Å². The highest BCUT2D eigenvalue weighted by Gasteiger charge is 2.18. The zero-order valence-electron chi connectivity index (χ0n) is 9.88. The van der Waals surface area contributed by atoms with Crippen molar-refractivity contribution in [2.75, 3.05) is 6.54 Å². The first kappa shape index (κ1) is 14.6. The Labute approximate surface area is 114 Å². The number of para-hydroxylation sites is 1. The number of carbonyl (C=O) groups excluding carboxylic acids is 1. The minimum atomic E-state index is -0.643. The molecule has 0 atom stereocenters. The predicted molar refractivity (Wildman–Crippen MR) is 74.5 cm³/mol. The van der Waals surface area contributed by atoms with E-state index in [2.05, 4.69) is 22.7 Å². The Morgan fingerprint density at radius 1 is 1.42 bits per heavy atom. The summed E-state index contributed by atoms with van der Waals surface area (Å²) in [4.78, 5) is 21.9. The van der Waals surface area contributed by atoms with Crippen LogP contribution in [0.2, 0.25) is 0 Å². The van der Waals surface area contributed by atoms with Crippen molar-refractivity contribution in [1.82, 2.24) is 16.2 Å². The summed E-state index contributed by atoms with van der Waals surface area (Å²) in [7, 11) is 0. The maximum atomic E-state index is 11.8. The van der Waals surface area contributed by atoms with Crippen LogP contribution < -0.4 is 16.2 Å². The van der Waals surface area contributed by atoms with Crippen molar-refractivity contribution in [1.29, 1.82) is 0 Å². The van der Waals surface area contributed by atoms with Gasteiger partial charge in [-0.05, 0) is 18.3 Å². The molecule has 0 saturated heterocycles. The van der Waals surface area contributed by atoms with Crippen LogP contribution in [0.5, 0.6) is 0 Å². The molecule has 0 unspecified atom stereocenters. The fraction of sp³-hybridized carbons (Fsp3) is 0.0909. The van der Waals surface area contributed by atoms with E-state index in [4.69, 9.17) is 12.2 Å². The molecule has 1 aromatic rings. The number of nitro benzene ring substituents is 1. The van der Waals surface area contributed by atoms with E-state index >= 15 is 0 Å². The van der Waals surface area contributed by atoms with Gasteiger partial charge >= 0.3 is 0 Å². The van der Waals surface area contributed by atoms with E-state index in [1.807, 2.05) is 0 Å². The number of nitrogens with one attached hydrogen (secondary N) is 3. The molecule has 0 bridgehead atoms. The number of thiocarbonyl (C=S) groups is 1. The number of hydrogen-bond acceptors (Lipinski definition) is 4. The first-order chi connectivity index (χ1) is 9.06. The van der Waals surface area contributed by atoms with E-state index in [0.717, 1.165) is 0 Å². The second kappa shape index (κ2) is 7.07. The summed E-state index contributed by atoms with van der Waals surface area (Å²) >= 11 is 4.85. The molecule has 0 saturated carbocycles. The third kappa shape index (κ3) is 4.36. The van der Waals surface area contributed by atoms with Crippen molar-refractivity contribution < 1.29 is 9.72 Å². The molecule has 0 aliphatic rings. The lowest BCUT2D eigenvalue weighted by molar-refractivity contribution is -0.385. The van der Waals surface area contributed by atoms with Crippen molar-refractivity contribution in [2.45, 2.75) is 0 Å². The molecule has 0 aliphatic heterocycles. The molecule has 1 rings (SSSR count). The van der Waals surface area contributed by atoms with Crippen LogP contribution in [0.3, 0.4) is 0 Å². The van der Waals surface area contributed by atoms with Crippen molar-refractivity contribution in [3.63, 3.8) is 0 Å². The van der Waals surface area contributed by atoms with Crippen LogP contribution in [0.15, 0.2) is 36.9 Å². The number of nitro groups is 1. The van der Waals surface area contributed by atoms with Gasteiger partial charge in [0, 0.05) is 12.6 Å². The monoisotopic (exact) mass is 280 g/mol. The van der Waals surface area contributed by atoms with Gasteiger partial charge in [0.05, 0.1) is 4.92 Å². The van der Waals surface area contributed by atoms with Crippen LogP contribution in [-0.2, 0) is 0 Å². The Morgan fingerprint density at radius 3 is 2.74 bits per heavy atom. The van der Waals surface area contributed by atoms with Gasteiger partial charge < -0.3 is 5.32 Å². The summed E-state index contributed by atoms with van der Waals surface area (Å²) in [6.45, 7) is 3.93. The van der Waals surface area contributed by atoms with Crippen molar-refractivity contribution >= 4 is 28.9 Å². The third-order valence-corrected chi connectivity index (χ3v) is 2.29. The van der Waals surface area contributed by atoms with Gasteiger partial charge in [-0.25, -0.2) is 0 Å². The van der Waals surface area contributed by atoms with E-state index < -0.39 is 10.8 Å². The number of hydrazine groups is 1. The van der Waals surface area contributed by atoms with Crippen molar-refractivity contribution in [2.24, 2.45) is 0 Å². The molecule has 19 heavy (non-hydrogen) atoms. The van der Waals surface area contributed by atoms with Gasteiger partial charge in [-0.2, -0.15) is 0 Å². The lowest BCUT2D eigenvalue weighted by Crippen LogP contribution is -2.46. The van der Waals surface area contributed by atoms with Crippen molar-refractivity contribution in [3.05, 3.63) is 52.6 Å². The zero-order valence-corrected chi connectivity index (χ0v) is 10.7. The number of hydrogen-bond donors (Lipinski definition) is 3. The van der Waals surface area contributed by atoms with E-state index in [-0.39, 0.29) is 16.4 Å². The highest BCUT2D eigenvalue weighted by atomic mass is 32.1. The first-order valence-electron chi connectivity index (χ1n) is 5.24. The number of nitrogens with zero attached hydrogens (tertiary/aromatic N) is 1. The lowest BCUT2D eigenvalue weighted by Gasteiger charge is -2.10. The Bertz CT molecular complexity index is 518. The van der Waals surface area contributed by atoms with E-state index in [0.29, 0.717) is 6.54 Å². The van der Waals surface area contributed by atoms with E-state index in [1.54, 1.807) is 6.08 Å². The molecule has 7 nitrogen and oxygen atoms in total. The summed E-state index contributed by atoms with van der Waals surface area (Å²) < 4.78 is 0. The fourth-order valence-corrected chi connectivity index (χ4v) is 1.35. The SMILES string of the molecule is C=CCNC(=S)NNC(=O)c1ccccc1[N+](=O)[O-]. The molecule has 0 fully saturated rings. The molecule has 3 N–H and O–H groups in total. The van der Waals surface area contributed by atoms with Gasteiger partial charge in [-0.3, -0.25) is 25.8 Å². The van der Waals surface area contributed by atoms with E-state index in [1.165, 1.54) is 24.3 Å². The lowest BCUT2D eigenvalue weighted by atomic mass is 10.2. The van der Waals surface area contributed by atoms with Gasteiger partial charge in [0.2, 0.25) is 0 Å². The van der Waals surface area contributed by atoms with E-state index in [9.17, 15) is 14.9 Å². The smallest absolute Gasteiger partial charge is 0.282 e. The van der Waals surface area contributed by atoms with Gasteiger partial charge in [0.15, 0.2) is 5.11 Å². The molecule has 0 spiro atoms. The number of amides is 1. The molecule has 0 aliphatic carbocycles. The van der Waals surface area contributed by atoms with Crippen LogP contribution in [0.4, 0.5) is 5.69 Å². The van der Waals surface area contributed by atoms with Crippen LogP contribution >= 0.6 is 12.2 Å². The van der Waals surface area contributed by atoms with Crippen LogP contribution in [-0.4, -0.2) is 22.5 Å². The number of carbonyl (C=O) groups is 1. The Balaban J connectivity index is 2.66. The fourth-order valence-electron chi connectivity index (χ4n) is 1.21. The average molecular weight is 280 g/mol. The highest BCUT2D eigenvalue weighted by molar-refractivity contribution is 7.80. The molecule has 0 heterocycles. The summed E-state index contributed by atoms with van der Waals surface area (Å²) in [5.74, 6) is -0.643. The van der Waals surface area contributed by atoms with Crippen LogP contribution in [0, 0.1) is 10.1 Å². The number of rotatable bonds is 4. The first-order valence-corrected chi connectivity index (χ1v) is 5.65. The second-order valence-electron chi connectivity index (χ2n) is 3.35. The minimum Gasteiger partial charge on any atom is -0.358 e.